The minimum absolute atomic E-state index is 0.0422. The lowest BCUT2D eigenvalue weighted by molar-refractivity contribution is -0.155. The summed E-state index contributed by atoms with van der Waals surface area (Å²) < 4.78 is 47.6. The van der Waals surface area contributed by atoms with Crippen LogP contribution in [0.5, 0.6) is 5.75 Å². The molecule has 1 fully saturated rings. The molecule has 28 heavy (non-hydrogen) atoms. The molecule has 0 saturated carbocycles. The first-order valence-electron chi connectivity index (χ1n) is 8.16. The Kier molecular flexibility index (Phi) is 5.57. The van der Waals surface area contributed by atoms with E-state index in [2.05, 4.69) is 10.2 Å². The van der Waals surface area contributed by atoms with Gasteiger partial charge in [-0.15, -0.1) is 5.10 Å². The number of para-hydroxylation sites is 1. The maximum absolute atomic E-state index is 13.2. The van der Waals surface area contributed by atoms with Crippen molar-refractivity contribution in [3.05, 3.63) is 40.0 Å². The molecule has 0 bridgehead atoms. The second-order valence-electron chi connectivity index (χ2n) is 6.36. The molecule has 0 aliphatic carbocycles. The Labute approximate surface area is 162 Å². The number of aryl methyl sites for hydroxylation is 1. The van der Waals surface area contributed by atoms with E-state index in [0.29, 0.717) is 5.75 Å². The number of hydrogen-bond donors (Lipinski definition) is 0. The van der Waals surface area contributed by atoms with Gasteiger partial charge in [0.15, 0.2) is 6.61 Å². The third kappa shape index (κ3) is 4.24. The topological polar surface area (TPSA) is 87.6 Å². The summed E-state index contributed by atoms with van der Waals surface area (Å²) in [4.78, 5) is 13.7. The van der Waals surface area contributed by atoms with Crippen molar-refractivity contribution in [2.75, 3.05) is 26.9 Å². The highest BCUT2D eigenvalue weighted by Gasteiger charge is 2.47. The van der Waals surface area contributed by atoms with Crippen molar-refractivity contribution < 1.29 is 27.4 Å². The average Bonchev–Trinajstić information content (AvgIpc) is 3.20. The van der Waals surface area contributed by atoms with E-state index in [9.17, 15) is 23.2 Å². The number of carbonyl (C=O) groups is 1. The molecule has 2 atom stereocenters. The summed E-state index contributed by atoms with van der Waals surface area (Å²) in [6, 6.07) is 7.04. The zero-order valence-corrected chi connectivity index (χ0v) is 15.8. The maximum Gasteiger partial charge on any atom is 0.445 e. The van der Waals surface area contributed by atoms with Crippen LogP contribution in [0.25, 0.3) is 0 Å². The number of ether oxygens (including phenoxy) is 2. The van der Waals surface area contributed by atoms with Crippen LogP contribution < -0.4 is 9.38 Å². The van der Waals surface area contributed by atoms with Gasteiger partial charge in [0, 0.05) is 0 Å². The predicted molar refractivity (Wildman–Crippen MR) is 94.1 cm³/mol. The van der Waals surface area contributed by atoms with Gasteiger partial charge in [0.25, 0.3) is 6.23 Å². The zero-order chi connectivity index (χ0) is 20.5. The van der Waals surface area contributed by atoms with Crippen LogP contribution in [0, 0.1) is 12.1 Å². The van der Waals surface area contributed by atoms with E-state index in [0.717, 1.165) is 5.56 Å². The van der Waals surface area contributed by atoms with Gasteiger partial charge >= 0.3 is 17.3 Å². The Balaban J connectivity index is 1.70. The fourth-order valence-electron chi connectivity index (χ4n) is 2.74. The third-order valence-corrected chi connectivity index (χ3v) is 5.15. The van der Waals surface area contributed by atoms with Crippen molar-refractivity contribution in [1.82, 2.24) is 19.7 Å². The molecule has 2 aromatic rings. The minimum Gasteiger partial charge on any atom is -0.622 e. The first-order valence-corrected chi connectivity index (χ1v) is 8.98. The van der Waals surface area contributed by atoms with E-state index in [1.165, 1.54) is 0 Å². The lowest BCUT2D eigenvalue weighted by Gasteiger charge is -2.38. The molecule has 2 heterocycles. The van der Waals surface area contributed by atoms with E-state index < -0.39 is 39.8 Å². The zero-order valence-electron chi connectivity index (χ0n) is 15.0. The number of likely N-dealkylation sites (N-methyl/N-ethyl adjacent to an activating group) is 1. The largest absolute Gasteiger partial charge is 0.622 e. The molecule has 1 aliphatic rings. The van der Waals surface area contributed by atoms with Gasteiger partial charge in [0.05, 0.1) is 6.54 Å². The summed E-state index contributed by atoms with van der Waals surface area (Å²) in [6.07, 6.45) is -5.97. The van der Waals surface area contributed by atoms with Crippen molar-refractivity contribution >= 4 is 22.4 Å². The lowest BCUT2D eigenvalue weighted by Crippen LogP contribution is -2.51. The average molecular weight is 418 g/mol. The van der Waals surface area contributed by atoms with Gasteiger partial charge in [-0.1, -0.05) is 23.3 Å². The van der Waals surface area contributed by atoms with Crippen molar-refractivity contribution in [3.8, 4) is 5.75 Å². The van der Waals surface area contributed by atoms with Gasteiger partial charge < -0.3 is 14.7 Å². The molecule has 2 unspecified atom stereocenters. The van der Waals surface area contributed by atoms with Gasteiger partial charge in [-0.05, 0) is 36.9 Å². The van der Waals surface area contributed by atoms with Crippen LogP contribution in [-0.4, -0.2) is 54.2 Å². The summed E-state index contributed by atoms with van der Waals surface area (Å²) in [6.45, 7) is 1.19. The van der Waals surface area contributed by atoms with Gasteiger partial charge in [0.1, 0.15) is 12.4 Å². The SMILES string of the molecule is Cc1ccccc1OCC(=O)OC1CN(C)C[N+]1([O-])c1nnc(C(F)(F)F)s1. The molecular weight excluding hydrogens is 401 g/mol. The number of carbonyl (C=O) groups excluding carboxylic acids is 1. The van der Waals surface area contributed by atoms with Crippen LogP contribution in [0.3, 0.4) is 0 Å². The predicted octanol–water partition coefficient (Wildman–Crippen LogP) is 2.52. The molecule has 0 radical (unpaired) electrons. The smallest absolute Gasteiger partial charge is 0.445 e. The van der Waals surface area contributed by atoms with Crippen LogP contribution in [0.2, 0.25) is 0 Å². The molecule has 152 valence electrons. The van der Waals surface area contributed by atoms with Gasteiger partial charge in [-0.3, -0.25) is 4.65 Å². The second kappa shape index (κ2) is 7.62. The lowest BCUT2D eigenvalue weighted by atomic mass is 10.2. The van der Waals surface area contributed by atoms with E-state index in [4.69, 9.17) is 9.47 Å². The summed E-state index contributed by atoms with van der Waals surface area (Å²) in [7, 11) is 1.59. The Morgan fingerprint density at radius 1 is 1.39 bits per heavy atom. The second-order valence-corrected chi connectivity index (χ2v) is 7.32. The fourth-order valence-corrected chi connectivity index (χ4v) is 3.52. The summed E-state index contributed by atoms with van der Waals surface area (Å²) in [5, 5.41) is 18.0. The third-order valence-electron chi connectivity index (χ3n) is 4.07. The Hall–Kier alpha value is -2.28. The van der Waals surface area contributed by atoms with Crippen molar-refractivity contribution in [1.29, 1.82) is 0 Å². The molecule has 3 rings (SSSR count). The highest BCUT2D eigenvalue weighted by molar-refractivity contribution is 7.15. The standard InChI is InChI=1S/C16H17F3N4O4S/c1-10-5-3-4-6-11(10)26-8-13(24)27-12-7-22(2)9-23(12,25)15-21-20-14(28-15)16(17,18)19/h3-6,12H,7-9H2,1-2H3. The molecule has 1 aromatic carbocycles. The van der Waals surface area contributed by atoms with Gasteiger partial charge in [0.2, 0.25) is 5.01 Å². The molecular formula is C16H17F3N4O4S. The highest BCUT2D eigenvalue weighted by Crippen LogP contribution is 2.39. The number of quaternary nitrogens is 1. The first kappa shape index (κ1) is 20.5. The molecule has 1 saturated heterocycles. The number of halogens is 3. The molecule has 1 aliphatic heterocycles. The van der Waals surface area contributed by atoms with Crippen molar-refractivity contribution in [3.63, 3.8) is 0 Å². The molecule has 12 heteroatoms. The summed E-state index contributed by atoms with van der Waals surface area (Å²) in [5.74, 6) is -0.313. The number of hydroxylamine groups is 2. The quantitative estimate of drug-likeness (QED) is 0.419. The number of rotatable bonds is 5. The molecule has 0 N–H and O–H groups in total. The fraction of sp³-hybridized carbons (Fsp3) is 0.438. The van der Waals surface area contributed by atoms with E-state index >= 15 is 0 Å². The number of alkyl halides is 3. The Morgan fingerprint density at radius 3 is 2.75 bits per heavy atom. The number of nitrogens with zero attached hydrogens (tertiary/aromatic N) is 4. The normalized spacial score (nSPS) is 23.0. The van der Waals surface area contributed by atoms with E-state index in [1.807, 2.05) is 6.07 Å². The number of esters is 1. The number of hydrogen-bond acceptors (Lipinski definition) is 8. The van der Waals surface area contributed by atoms with E-state index in [-0.39, 0.29) is 24.6 Å². The maximum atomic E-state index is 13.2. The Morgan fingerprint density at radius 2 is 2.11 bits per heavy atom. The van der Waals surface area contributed by atoms with Crippen LogP contribution >= 0.6 is 11.3 Å². The van der Waals surface area contributed by atoms with E-state index in [1.54, 1.807) is 37.1 Å². The monoisotopic (exact) mass is 418 g/mol. The molecule has 8 nitrogen and oxygen atoms in total. The van der Waals surface area contributed by atoms with Crippen LogP contribution in [0.1, 0.15) is 10.6 Å². The molecule has 0 amide bonds. The van der Waals surface area contributed by atoms with Gasteiger partial charge in [-0.2, -0.15) is 13.2 Å². The van der Waals surface area contributed by atoms with Crippen LogP contribution in [-0.2, 0) is 15.7 Å². The van der Waals surface area contributed by atoms with Gasteiger partial charge in [-0.25, -0.2) is 9.69 Å². The summed E-state index contributed by atoms with van der Waals surface area (Å²) >= 11 is 0.144. The summed E-state index contributed by atoms with van der Waals surface area (Å²) in [5.41, 5.74) is 0.818. The van der Waals surface area contributed by atoms with Crippen LogP contribution in [0.4, 0.5) is 18.3 Å². The highest BCUT2D eigenvalue weighted by atomic mass is 32.1. The van der Waals surface area contributed by atoms with Crippen LogP contribution in [0.15, 0.2) is 24.3 Å². The number of aromatic nitrogens is 2. The minimum atomic E-state index is -4.70. The first-order chi connectivity index (χ1) is 13.1. The molecule has 0 spiro atoms. The van der Waals surface area contributed by atoms with Crippen molar-refractivity contribution in [2.24, 2.45) is 0 Å². The van der Waals surface area contributed by atoms with Crippen molar-refractivity contribution in [2.45, 2.75) is 19.3 Å². The number of benzene rings is 1. The molecule has 1 aromatic heterocycles. The Bertz CT molecular complexity index is 862.